The van der Waals surface area contributed by atoms with E-state index in [1.165, 1.54) is 0 Å². The normalized spacial score (nSPS) is 7.00. The Labute approximate surface area is 55.0 Å². The van der Waals surface area contributed by atoms with Gasteiger partial charge in [0.2, 0.25) is 0 Å². The minimum absolute atomic E-state index is 0. The number of rotatable bonds is 3. The van der Waals surface area contributed by atoms with Crippen molar-refractivity contribution in [2.75, 3.05) is 0 Å². The maximum atomic E-state index is 9.44. The predicted molar refractivity (Wildman–Crippen MR) is 25.2 cm³/mol. The predicted octanol–water partition coefficient (Wildman–Crippen LogP) is 1.28. The van der Waals surface area contributed by atoms with Crippen molar-refractivity contribution in [2.24, 2.45) is 0 Å². The van der Waals surface area contributed by atoms with E-state index in [0.29, 0.717) is 6.42 Å². The molecule has 0 radical (unpaired) electrons. The molecule has 0 atom stereocenters. The first-order valence-corrected chi connectivity index (χ1v) is 2.26. The molecule has 0 spiro atoms. The standard InChI is InChI=1S/C5H9O.Fe/c1-2-3-4-5-6;/h2-4H2,1H3;/q-1;. The van der Waals surface area contributed by atoms with Crippen molar-refractivity contribution in [3.05, 3.63) is 0 Å². The molecule has 0 unspecified atom stereocenters. The average Bonchev–Trinajstić information content (AvgIpc) is 1.61. The molecule has 0 bridgehead atoms. The van der Waals surface area contributed by atoms with Crippen molar-refractivity contribution in [2.45, 2.75) is 26.2 Å². The van der Waals surface area contributed by atoms with Crippen LogP contribution in [-0.2, 0) is 21.9 Å². The molecule has 0 aliphatic heterocycles. The Morgan fingerprint density at radius 3 is 2.29 bits per heavy atom. The van der Waals surface area contributed by atoms with Crippen molar-refractivity contribution in [1.29, 1.82) is 0 Å². The molecule has 0 saturated heterocycles. The minimum atomic E-state index is 0. The van der Waals surface area contributed by atoms with Crippen LogP contribution < -0.4 is 0 Å². The Balaban J connectivity index is 0. The molecular weight excluding hydrogens is 132 g/mol. The topological polar surface area (TPSA) is 17.1 Å². The van der Waals surface area contributed by atoms with Gasteiger partial charge < -0.3 is 4.79 Å². The molecule has 0 amide bonds. The summed E-state index contributed by atoms with van der Waals surface area (Å²) in [5.74, 6) is 0. The number of hydrogen-bond donors (Lipinski definition) is 0. The second-order valence-electron chi connectivity index (χ2n) is 1.25. The van der Waals surface area contributed by atoms with Crippen LogP contribution >= 0.6 is 0 Å². The molecule has 0 aromatic heterocycles. The van der Waals surface area contributed by atoms with E-state index in [1.54, 1.807) is 0 Å². The van der Waals surface area contributed by atoms with Crippen LogP contribution in [0.1, 0.15) is 26.2 Å². The van der Waals surface area contributed by atoms with E-state index in [-0.39, 0.29) is 17.1 Å². The van der Waals surface area contributed by atoms with Crippen LogP contribution in [0.3, 0.4) is 0 Å². The summed E-state index contributed by atoms with van der Waals surface area (Å²) in [5.41, 5.74) is 0. The van der Waals surface area contributed by atoms with Gasteiger partial charge in [0.05, 0.1) is 0 Å². The molecule has 0 fully saturated rings. The molecular formula is C5H9FeO-. The first-order chi connectivity index (χ1) is 2.91. The Hall–Kier alpha value is 0.189. The van der Waals surface area contributed by atoms with E-state index in [2.05, 4.69) is 6.92 Å². The monoisotopic (exact) mass is 141 g/mol. The van der Waals surface area contributed by atoms with Gasteiger partial charge in [-0.25, -0.2) is 0 Å². The van der Waals surface area contributed by atoms with Crippen LogP contribution in [0.4, 0.5) is 0 Å². The van der Waals surface area contributed by atoms with Crippen LogP contribution in [0.15, 0.2) is 0 Å². The molecule has 0 rings (SSSR count). The summed E-state index contributed by atoms with van der Waals surface area (Å²) in [7, 11) is 0. The summed E-state index contributed by atoms with van der Waals surface area (Å²) in [6.07, 6.45) is 4.51. The molecule has 0 N–H and O–H groups in total. The quantitative estimate of drug-likeness (QED) is 0.328. The van der Waals surface area contributed by atoms with Gasteiger partial charge in [-0.3, -0.25) is 6.29 Å². The fourth-order valence-corrected chi connectivity index (χ4v) is 0.249. The molecule has 0 aliphatic rings. The molecule has 0 aliphatic carbocycles. The zero-order chi connectivity index (χ0) is 4.83. The fourth-order valence-electron chi connectivity index (χ4n) is 0.249. The fraction of sp³-hybridized carbons (Fsp3) is 0.800. The summed E-state index contributed by atoms with van der Waals surface area (Å²) >= 11 is 0. The molecule has 0 heterocycles. The van der Waals surface area contributed by atoms with E-state index >= 15 is 0 Å². The smallest absolute Gasteiger partial charge is 0 e. The molecule has 0 aromatic carbocycles. The van der Waals surface area contributed by atoms with Gasteiger partial charge in [0.25, 0.3) is 0 Å². The van der Waals surface area contributed by atoms with Gasteiger partial charge in [0.1, 0.15) is 0 Å². The van der Waals surface area contributed by atoms with Gasteiger partial charge >= 0.3 is 0 Å². The molecule has 0 aromatic rings. The van der Waals surface area contributed by atoms with E-state index < -0.39 is 0 Å². The van der Waals surface area contributed by atoms with Crippen LogP contribution in [0, 0.1) is 0 Å². The van der Waals surface area contributed by atoms with Crippen molar-refractivity contribution in [1.82, 2.24) is 0 Å². The summed E-state index contributed by atoms with van der Waals surface area (Å²) in [6, 6.07) is 0. The SMILES string of the molecule is CCCC[C-]=O.[Fe]. The van der Waals surface area contributed by atoms with Gasteiger partial charge in [-0.05, 0) is 0 Å². The van der Waals surface area contributed by atoms with E-state index in [4.69, 9.17) is 0 Å². The van der Waals surface area contributed by atoms with Gasteiger partial charge in [0, 0.05) is 17.1 Å². The zero-order valence-corrected chi connectivity index (χ0v) is 5.49. The van der Waals surface area contributed by atoms with Crippen molar-refractivity contribution in [3.8, 4) is 0 Å². The largest absolute Gasteiger partial charge is 0.542 e. The summed E-state index contributed by atoms with van der Waals surface area (Å²) in [5, 5.41) is 0. The molecule has 0 saturated carbocycles. The van der Waals surface area contributed by atoms with Crippen LogP contribution in [0.5, 0.6) is 0 Å². The van der Waals surface area contributed by atoms with Crippen molar-refractivity contribution >= 4 is 6.29 Å². The summed E-state index contributed by atoms with van der Waals surface area (Å²) in [4.78, 5) is 9.44. The Kier molecular flexibility index (Phi) is 13.9. The maximum Gasteiger partial charge on any atom is 0 e. The van der Waals surface area contributed by atoms with Gasteiger partial charge in [0.15, 0.2) is 0 Å². The van der Waals surface area contributed by atoms with E-state index in [0.717, 1.165) is 12.8 Å². The van der Waals surface area contributed by atoms with E-state index in [9.17, 15) is 4.79 Å². The molecule has 7 heavy (non-hydrogen) atoms. The molecule has 1 nitrogen and oxygen atoms in total. The van der Waals surface area contributed by atoms with Crippen molar-refractivity contribution < 1.29 is 21.9 Å². The first kappa shape index (κ1) is 10.2. The third-order valence-corrected chi connectivity index (χ3v) is 0.632. The number of carbonyl (C=O) groups excluding carboxylic acids is 1. The third kappa shape index (κ3) is 10.7. The minimum Gasteiger partial charge on any atom is -0.542 e. The Morgan fingerprint density at radius 1 is 1.57 bits per heavy atom. The second kappa shape index (κ2) is 9.50. The number of hydrogen-bond acceptors (Lipinski definition) is 1. The molecule has 44 valence electrons. The zero-order valence-electron chi connectivity index (χ0n) is 4.38. The summed E-state index contributed by atoms with van der Waals surface area (Å²) in [6.45, 7) is 2.05. The van der Waals surface area contributed by atoms with Gasteiger partial charge in [-0.2, -0.15) is 6.42 Å². The summed E-state index contributed by atoms with van der Waals surface area (Å²) < 4.78 is 0. The van der Waals surface area contributed by atoms with Gasteiger partial charge in [-0.15, -0.1) is 0 Å². The third-order valence-electron chi connectivity index (χ3n) is 0.632. The first-order valence-electron chi connectivity index (χ1n) is 2.26. The van der Waals surface area contributed by atoms with Crippen LogP contribution in [0.25, 0.3) is 0 Å². The molecule has 2 heteroatoms. The van der Waals surface area contributed by atoms with Gasteiger partial charge in [-0.1, -0.05) is 19.8 Å². The maximum absolute atomic E-state index is 9.44. The Bertz CT molecular complexity index is 37.1. The second-order valence-corrected chi connectivity index (χ2v) is 1.25. The van der Waals surface area contributed by atoms with Crippen LogP contribution in [-0.4, -0.2) is 6.29 Å². The van der Waals surface area contributed by atoms with Crippen molar-refractivity contribution in [3.63, 3.8) is 0 Å². The van der Waals surface area contributed by atoms with E-state index in [1.807, 2.05) is 6.29 Å². The average molecular weight is 141 g/mol. The van der Waals surface area contributed by atoms with Crippen LogP contribution in [0.2, 0.25) is 0 Å². The Morgan fingerprint density at radius 2 is 2.14 bits per heavy atom. The number of unbranched alkanes of at least 4 members (excludes halogenated alkanes) is 2.